The molecule has 1 aromatic rings. The normalized spacial score (nSPS) is 15.4. The number of rotatable bonds is 4. The Labute approximate surface area is 113 Å². The van der Waals surface area contributed by atoms with Crippen LogP contribution in [-0.4, -0.2) is 7.11 Å². The van der Waals surface area contributed by atoms with E-state index in [-0.39, 0.29) is 12.0 Å². The summed E-state index contributed by atoms with van der Waals surface area (Å²) >= 11 is 6.16. The van der Waals surface area contributed by atoms with E-state index in [4.69, 9.17) is 21.6 Å². The molecule has 0 aromatic heterocycles. The van der Waals surface area contributed by atoms with Gasteiger partial charge in [-0.15, -0.1) is 0 Å². The third-order valence-corrected chi connectivity index (χ3v) is 3.92. The summed E-state index contributed by atoms with van der Waals surface area (Å²) in [6, 6.07) is 5.70. The summed E-state index contributed by atoms with van der Waals surface area (Å²) in [4.78, 5) is 0. The van der Waals surface area contributed by atoms with E-state index in [2.05, 4.69) is 25.3 Å². The molecule has 0 saturated carbocycles. The second-order valence-electron chi connectivity index (χ2n) is 5.05. The summed E-state index contributed by atoms with van der Waals surface area (Å²) in [5, 5.41) is 0.568. The minimum atomic E-state index is -3.46. The lowest BCUT2D eigenvalue weighted by atomic mass is 9.87. The van der Waals surface area contributed by atoms with E-state index in [0.717, 1.165) is 11.1 Å². The third-order valence-electron chi connectivity index (χ3n) is 2.57. The van der Waals surface area contributed by atoms with Crippen LogP contribution in [0.25, 0.3) is 0 Å². The maximum Gasteiger partial charge on any atom is 0.402 e. The molecule has 2 N–H and O–H groups in total. The fraction of sp³-hybridized carbons (Fsp3) is 0.500. The van der Waals surface area contributed by atoms with Crippen molar-refractivity contribution in [2.75, 3.05) is 7.11 Å². The zero-order valence-corrected chi connectivity index (χ0v) is 12.7. The first kappa shape index (κ1) is 15.7. The van der Waals surface area contributed by atoms with Crippen molar-refractivity contribution in [3.8, 4) is 0 Å². The lowest BCUT2D eigenvalue weighted by Gasteiger charge is -2.20. The maximum atomic E-state index is 11.4. The van der Waals surface area contributed by atoms with E-state index in [1.165, 1.54) is 7.11 Å². The molecule has 0 amide bonds. The van der Waals surface area contributed by atoms with Gasteiger partial charge in [0.25, 0.3) is 0 Å². The number of halogens is 1. The van der Waals surface area contributed by atoms with Crippen molar-refractivity contribution in [1.29, 1.82) is 0 Å². The second kappa shape index (κ2) is 5.72. The van der Waals surface area contributed by atoms with E-state index >= 15 is 0 Å². The van der Waals surface area contributed by atoms with Gasteiger partial charge in [0.05, 0.1) is 6.61 Å². The molecule has 0 bridgehead atoms. The average Bonchev–Trinajstić information content (AvgIpc) is 2.26. The molecule has 0 fully saturated rings. The zero-order chi connectivity index (χ0) is 14.0. The number of hydrogen-bond donors (Lipinski definition) is 1. The van der Waals surface area contributed by atoms with Gasteiger partial charge in [-0.05, 0) is 22.6 Å². The van der Waals surface area contributed by atoms with Crippen LogP contribution in [0.2, 0.25) is 5.02 Å². The van der Waals surface area contributed by atoms with Gasteiger partial charge >= 0.3 is 7.75 Å². The zero-order valence-electron chi connectivity index (χ0n) is 11.1. The molecule has 0 radical (unpaired) electrons. The molecule has 0 aliphatic carbocycles. The van der Waals surface area contributed by atoms with Crippen molar-refractivity contribution in [2.24, 2.45) is 5.50 Å². The van der Waals surface area contributed by atoms with Gasteiger partial charge in [0.2, 0.25) is 0 Å². The summed E-state index contributed by atoms with van der Waals surface area (Å²) in [6.07, 6.45) is 0. The minimum Gasteiger partial charge on any atom is -0.300 e. The highest BCUT2D eigenvalue weighted by Gasteiger charge is 2.18. The first-order valence-electron chi connectivity index (χ1n) is 5.53. The molecule has 0 aliphatic heterocycles. The van der Waals surface area contributed by atoms with Gasteiger partial charge in [-0.3, -0.25) is 4.52 Å². The molecule has 1 rings (SSSR count). The van der Waals surface area contributed by atoms with Crippen LogP contribution in [0.4, 0.5) is 0 Å². The topological polar surface area (TPSA) is 61.5 Å². The van der Waals surface area contributed by atoms with E-state index in [0.29, 0.717) is 5.02 Å². The molecule has 0 aliphatic rings. The highest BCUT2D eigenvalue weighted by Crippen LogP contribution is 2.39. The molecule has 102 valence electrons. The van der Waals surface area contributed by atoms with Crippen LogP contribution in [0.5, 0.6) is 0 Å². The summed E-state index contributed by atoms with van der Waals surface area (Å²) in [5.41, 5.74) is 7.16. The van der Waals surface area contributed by atoms with Crippen LogP contribution in [0.3, 0.4) is 0 Å². The lowest BCUT2D eigenvalue weighted by molar-refractivity contribution is 0.226. The Hall–Kier alpha value is -0.380. The number of benzene rings is 1. The summed E-state index contributed by atoms with van der Waals surface area (Å²) < 4.78 is 20.9. The molecule has 0 heterocycles. The Balaban J connectivity index is 2.84. The smallest absolute Gasteiger partial charge is 0.300 e. The SMILES string of the molecule is COP(N)(=O)OCc1ccc(C(C)(C)C)cc1Cl. The molecule has 0 saturated heterocycles. The lowest BCUT2D eigenvalue weighted by Crippen LogP contribution is -2.11. The van der Waals surface area contributed by atoms with Crippen LogP contribution >= 0.6 is 19.3 Å². The standard InChI is InChI=1S/C12H19ClNO3P/c1-12(2,3)10-6-5-9(11(13)7-10)8-17-18(14,15)16-4/h5-7H,8H2,1-4H3,(H2,14,15). The number of hydrogen-bond acceptors (Lipinski definition) is 3. The Morgan fingerprint density at radius 2 is 2.00 bits per heavy atom. The van der Waals surface area contributed by atoms with Gasteiger partial charge in [-0.1, -0.05) is 44.5 Å². The van der Waals surface area contributed by atoms with Gasteiger partial charge in [-0.25, -0.2) is 10.1 Å². The van der Waals surface area contributed by atoms with Crippen molar-refractivity contribution >= 4 is 19.3 Å². The fourth-order valence-electron chi connectivity index (χ4n) is 1.34. The molecule has 6 heteroatoms. The molecular weight excluding hydrogens is 273 g/mol. The van der Waals surface area contributed by atoms with Crippen LogP contribution in [0.1, 0.15) is 31.9 Å². The van der Waals surface area contributed by atoms with Gasteiger partial charge in [0.15, 0.2) is 0 Å². The highest BCUT2D eigenvalue weighted by molar-refractivity contribution is 7.51. The Kier molecular flexibility index (Phi) is 4.98. The average molecular weight is 292 g/mol. The van der Waals surface area contributed by atoms with Crippen LogP contribution in [0, 0.1) is 0 Å². The van der Waals surface area contributed by atoms with E-state index < -0.39 is 7.75 Å². The molecule has 1 unspecified atom stereocenters. The molecular formula is C12H19ClNO3P. The molecule has 0 spiro atoms. The monoisotopic (exact) mass is 291 g/mol. The fourth-order valence-corrected chi connectivity index (χ4v) is 2.00. The van der Waals surface area contributed by atoms with Gasteiger partial charge in [-0.2, -0.15) is 0 Å². The molecule has 4 nitrogen and oxygen atoms in total. The van der Waals surface area contributed by atoms with Crippen molar-refractivity contribution in [3.63, 3.8) is 0 Å². The van der Waals surface area contributed by atoms with Crippen molar-refractivity contribution < 1.29 is 13.6 Å². The van der Waals surface area contributed by atoms with Crippen LogP contribution in [-0.2, 0) is 25.6 Å². The minimum absolute atomic E-state index is 0.0265. The predicted octanol–water partition coefficient (Wildman–Crippen LogP) is 3.87. The predicted molar refractivity (Wildman–Crippen MR) is 73.7 cm³/mol. The molecule has 18 heavy (non-hydrogen) atoms. The van der Waals surface area contributed by atoms with Crippen molar-refractivity contribution in [2.45, 2.75) is 32.8 Å². The van der Waals surface area contributed by atoms with Gasteiger partial charge in [0.1, 0.15) is 0 Å². The third kappa shape index (κ3) is 4.38. The first-order chi connectivity index (χ1) is 8.15. The molecule has 1 atom stereocenters. The van der Waals surface area contributed by atoms with Crippen LogP contribution in [0.15, 0.2) is 18.2 Å². The first-order valence-corrected chi connectivity index (χ1v) is 7.52. The highest BCUT2D eigenvalue weighted by atomic mass is 35.5. The largest absolute Gasteiger partial charge is 0.402 e. The summed E-state index contributed by atoms with van der Waals surface area (Å²) in [5.74, 6) is 0. The quantitative estimate of drug-likeness (QED) is 0.856. The van der Waals surface area contributed by atoms with E-state index in [1.54, 1.807) is 0 Å². The number of nitrogens with two attached hydrogens (primary N) is 1. The van der Waals surface area contributed by atoms with Gasteiger partial charge < -0.3 is 4.52 Å². The Morgan fingerprint density at radius 3 is 2.44 bits per heavy atom. The second-order valence-corrected chi connectivity index (χ2v) is 7.16. The van der Waals surface area contributed by atoms with Gasteiger partial charge in [0, 0.05) is 12.1 Å². The maximum absolute atomic E-state index is 11.4. The summed E-state index contributed by atoms with van der Waals surface area (Å²) in [6.45, 7) is 6.38. The van der Waals surface area contributed by atoms with E-state index in [1.807, 2.05) is 18.2 Å². The Morgan fingerprint density at radius 1 is 1.39 bits per heavy atom. The summed E-state index contributed by atoms with van der Waals surface area (Å²) in [7, 11) is -2.22. The van der Waals surface area contributed by atoms with Crippen molar-refractivity contribution in [3.05, 3.63) is 34.3 Å². The van der Waals surface area contributed by atoms with Crippen LogP contribution < -0.4 is 5.50 Å². The van der Waals surface area contributed by atoms with Crippen molar-refractivity contribution in [1.82, 2.24) is 0 Å². The van der Waals surface area contributed by atoms with E-state index in [9.17, 15) is 4.57 Å². The Bertz CT molecular complexity index is 471. The molecule has 1 aromatic carbocycles.